The van der Waals surface area contributed by atoms with Gasteiger partial charge in [0.15, 0.2) is 0 Å². The number of aliphatic hydroxyl groups is 1. The van der Waals surface area contributed by atoms with Crippen molar-refractivity contribution >= 4 is 5.82 Å². The maximum Gasteiger partial charge on any atom is 0.136 e. The van der Waals surface area contributed by atoms with Crippen molar-refractivity contribution in [1.29, 1.82) is 0 Å². The third kappa shape index (κ3) is 2.44. The fraction of sp³-hybridized carbons (Fsp3) is 0.500. The third-order valence-corrected chi connectivity index (χ3v) is 2.41. The Hall–Kier alpha value is -1.17. The highest BCUT2D eigenvalue weighted by atomic mass is 16.5. The van der Waals surface area contributed by atoms with Crippen LogP contribution in [0, 0.1) is 0 Å². The van der Waals surface area contributed by atoms with E-state index in [1.807, 2.05) is 6.07 Å². The number of hydrogen-bond acceptors (Lipinski definition) is 5. The van der Waals surface area contributed by atoms with E-state index >= 15 is 0 Å². The quantitative estimate of drug-likeness (QED) is 0.608. The summed E-state index contributed by atoms with van der Waals surface area (Å²) in [5, 5.41) is 12.6. The maximum atomic E-state index is 9.61. The molecule has 1 aliphatic rings. The van der Waals surface area contributed by atoms with Crippen LogP contribution in [0.5, 0.6) is 0 Å². The van der Waals surface area contributed by atoms with Gasteiger partial charge in [-0.25, -0.2) is 4.98 Å². The standard InChI is InChI=1S/C10H15N3O2/c1-10(14)6-15-8(5-13-10)7-2-3-9(11)12-4-7/h2-4,8,13-14H,5-6H2,1H3,(H2,11,12)/t8-,10-/m0/s1. The minimum atomic E-state index is -0.933. The number of morpholine rings is 1. The summed E-state index contributed by atoms with van der Waals surface area (Å²) in [6.45, 7) is 2.52. The van der Waals surface area contributed by atoms with Crippen LogP contribution in [0.1, 0.15) is 18.6 Å². The number of rotatable bonds is 1. The molecule has 0 radical (unpaired) electrons. The molecule has 0 saturated carbocycles. The van der Waals surface area contributed by atoms with Gasteiger partial charge in [0.2, 0.25) is 0 Å². The summed E-state index contributed by atoms with van der Waals surface area (Å²) in [6.07, 6.45) is 1.63. The van der Waals surface area contributed by atoms with Crippen LogP contribution in [-0.2, 0) is 4.74 Å². The van der Waals surface area contributed by atoms with Crippen molar-refractivity contribution in [1.82, 2.24) is 10.3 Å². The molecule has 4 N–H and O–H groups in total. The zero-order valence-electron chi connectivity index (χ0n) is 8.60. The van der Waals surface area contributed by atoms with Gasteiger partial charge in [0.1, 0.15) is 11.5 Å². The number of pyridine rings is 1. The molecule has 1 aliphatic heterocycles. The van der Waals surface area contributed by atoms with Crippen LogP contribution in [0.3, 0.4) is 0 Å². The lowest BCUT2D eigenvalue weighted by Gasteiger charge is -2.34. The second-order valence-corrected chi connectivity index (χ2v) is 3.97. The predicted molar refractivity (Wildman–Crippen MR) is 56.0 cm³/mol. The molecule has 0 aromatic carbocycles. The Morgan fingerprint density at radius 2 is 2.47 bits per heavy atom. The summed E-state index contributed by atoms with van der Waals surface area (Å²) in [7, 11) is 0. The van der Waals surface area contributed by atoms with Crippen LogP contribution < -0.4 is 11.1 Å². The average molecular weight is 209 g/mol. The first-order valence-corrected chi connectivity index (χ1v) is 4.87. The second kappa shape index (κ2) is 3.77. The normalized spacial score (nSPS) is 31.5. The van der Waals surface area contributed by atoms with Crippen LogP contribution >= 0.6 is 0 Å². The van der Waals surface area contributed by atoms with E-state index in [0.29, 0.717) is 12.4 Å². The molecule has 2 rings (SSSR count). The molecule has 1 aromatic rings. The van der Waals surface area contributed by atoms with E-state index in [1.165, 1.54) is 0 Å². The van der Waals surface area contributed by atoms with E-state index < -0.39 is 5.72 Å². The summed E-state index contributed by atoms with van der Waals surface area (Å²) in [5.74, 6) is 0.495. The largest absolute Gasteiger partial charge is 0.384 e. The second-order valence-electron chi connectivity index (χ2n) is 3.97. The molecule has 1 fully saturated rings. The lowest BCUT2D eigenvalue weighted by molar-refractivity contribution is -0.121. The van der Waals surface area contributed by atoms with Crippen molar-refractivity contribution in [3.63, 3.8) is 0 Å². The lowest BCUT2D eigenvalue weighted by atomic mass is 10.1. The van der Waals surface area contributed by atoms with Gasteiger partial charge in [0.25, 0.3) is 0 Å². The van der Waals surface area contributed by atoms with Gasteiger partial charge < -0.3 is 15.6 Å². The SMILES string of the molecule is C[C@]1(O)CO[C@H](c2ccc(N)nc2)CN1. The van der Waals surface area contributed by atoms with E-state index in [1.54, 1.807) is 19.2 Å². The zero-order chi connectivity index (χ0) is 10.9. The fourth-order valence-corrected chi connectivity index (χ4v) is 1.51. The van der Waals surface area contributed by atoms with Crippen LogP contribution in [-0.4, -0.2) is 29.0 Å². The van der Waals surface area contributed by atoms with Crippen molar-refractivity contribution in [2.24, 2.45) is 0 Å². The van der Waals surface area contributed by atoms with Crippen molar-refractivity contribution in [2.45, 2.75) is 18.8 Å². The molecule has 0 aliphatic carbocycles. The number of aromatic nitrogens is 1. The maximum absolute atomic E-state index is 9.61. The lowest BCUT2D eigenvalue weighted by Crippen LogP contribution is -2.52. The van der Waals surface area contributed by atoms with Gasteiger partial charge in [-0.3, -0.25) is 5.32 Å². The summed E-state index contributed by atoms with van der Waals surface area (Å²) in [4.78, 5) is 4.00. The molecule has 82 valence electrons. The number of nitrogens with one attached hydrogen (secondary N) is 1. The highest BCUT2D eigenvalue weighted by Gasteiger charge is 2.29. The summed E-state index contributed by atoms with van der Waals surface area (Å²) in [6, 6.07) is 3.63. The zero-order valence-corrected chi connectivity index (χ0v) is 8.60. The Morgan fingerprint density at radius 1 is 1.67 bits per heavy atom. The number of nitrogens with two attached hydrogens (primary N) is 1. The number of nitrogens with zero attached hydrogens (tertiary/aromatic N) is 1. The third-order valence-electron chi connectivity index (χ3n) is 2.41. The molecule has 2 atom stereocenters. The van der Waals surface area contributed by atoms with E-state index in [-0.39, 0.29) is 12.7 Å². The first-order valence-electron chi connectivity index (χ1n) is 4.87. The van der Waals surface area contributed by atoms with Gasteiger partial charge in [0, 0.05) is 18.3 Å². The van der Waals surface area contributed by atoms with Gasteiger partial charge >= 0.3 is 0 Å². The van der Waals surface area contributed by atoms with Crippen molar-refractivity contribution in [2.75, 3.05) is 18.9 Å². The Balaban J connectivity index is 2.04. The highest BCUT2D eigenvalue weighted by molar-refractivity contribution is 5.30. The summed E-state index contributed by atoms with van der Waals surface area (Å²) >= 11 is 0. The molecule has 0 amide bonds. The van der Waals surface area contributed by atoms with Gasteiger partial charge in [-0.2, -0.15) is 0 Å². The Bertz CT molecular complexity index is 327. The Morgan fingerprint density at radius 3 is 3.00 bits per heavy atom. The minimum absolute atomic E-state index is 0.0710. The van der Waals surface area contributed by atoms with Crippen molar-refractivity contribution < 1.29 is 9.84 Å². The van der Waals surface area contributed by atoms with Crippen LogP contribution in [0.15, 0.2) is 18.3 Å². The number of anilines is 1. The van der Waals surface area contributed by atoms with E-state index in [4.69, 9.17) is 10.5 Å². The molecule has 2 heterocycles. The van der Waals surface area contributed by atoms with Crippen molar-refractivity contribution in [3.05, 3.63) is 23.9 Å². The van der Waals surface area contributed by atoms with E-state index in [0.717, 1.165) is 5.56 Å². The van der Waals surface area contributed by atoms with Gasteiger partial charge in [-0.05, 0) is 13.0 Å². The summed E-state index contributed by atoms with van der Waals surface area (Å²) < 4.78 is 5.53. The Labute approximate surface area is 88.3 Å². The average Bonchev–Trinajstić information content (AvgIpc) is 2.20. The van der Waals surface area contributed by atoms with Crippen LogP contribution in [0.4, 0.5) is 5.82 Å². The van der Waals surface area contributed by atoms with E-state index in [2.05, 4.69) is 10.3 Å². The molecular weight excluding hydrogens is 194 g/mol. The Kier molecular flexibility index (Phi) is 2.60. The van der Waals surface area contributed by atoms with Crippen LogP contribution in [0.25, 0.3) is 0 Å². The van der Waals surface area contributed by atoms with E-state index in [9.17, 15) is 5.11 Å². The molecule has 1 aromatic heterocycles. The number of hydrogen-bond donors (Lipinski definition) is 3. The monoisotopic (exact) mass is 209 g/mol. The van der Waals surface area contributed by atoms with Gasteiger partial charge in [0.05, 0.1) is 12.7 Å². The smallest absolute Gasteiger partial charge is 0.136 e. The molecule has 0 unspecified atom stereocenters. The predicted octanol–water partition coefficient (Wildman–Crippen LogP) is 0.0332. The highest BCUT2D eigenvalue weighted by Crippen LogP contribution is 2.22. The molecular formula is C10H15N3O2. The molecule has 1 saturated heterocycles. The molecule has 0 spiro atoms. The van der Waals surface area contributed by atoms with Gasteiger partial charge in [-0.1, -0.05) is 6.07 Å². The first kappa shape index (κ1) is 10.4. The summed E-state index contributed by atoms with van der Waals surface area (Å²) in [5.41, 5.74) is 5.52. The molecule has 5 heteroatoms. The number of nitrogen functional groups attached to an aromatic ring is 1. The molecule has 0 bridgehead atoms. The fourth-order valence-electron chi connectivity index (χ4n) is 1.51. The minimum Gasteiger partial charge on any atom is -0.384 e. The van der Waals surface area contributed by atoms with Gasteiger partial charge in [-0.15, -0.1) is 0 Å². The molecule has 5 nitrogen and oxygen atoms in total. The van der Waals surface area contributed by atoms with Crippen LogP contribution in [0.2, 0.25) is 0 Å². The number of ether oxygens (including phenoxy) is 1. The van der Waals surface area contributed by atoms with Crippen molar-refractivity contribution in [3.8, 4) is 0 Å². The molecule has 15 heavy (non-hydrogen) atoms. The first-order chi connectivity index (χ1) is 7.07. The topological polar surface area (TPSA) is 80.4 Å².